The van der Waals surface area contributed by atoms with Gasteiger partial charge < -0.3 is 5.32 Å². The Balaban J connectivity index is 2.44. The molecule has 1 N–H and O–H groups in total. The molecule has 3 saturated carbocycles. The maximum atomic E-state index is 12.0. The van der Waals surface area contributed by atoms with Gasteiger partial charge in [0, 0.05) is 11.9 Å². The number of alkyl halides is 1. The number of carbonyl (C=O) groups is 1. The molecule has 2 nitrogen and oxygen atoms in total. The van der Waals surface area contributed by atoms with Crippen LogP contribution in [0.15, 0.2) is 0 Å². The predicted octanol–water partition coefficient (Wildman–Crippen LogP) is 2.32. The number of rotatable bonds is 1. The molecular formula is C11H18BrNO. The highest BCUT2D eigenvalue weighted by Gasteiger charge is 2.79. The number of nitrogens with one attached hydrogen (secondary N) is 1. The predicted molar refractivity (Wildman–Crippen MR) is 60.3 cm³/mol. The summed E-state index contributed by atoms with van der Waals surface area (Å²) >= 11 is 3.72. The first-order chi connectivity index (χ1) is 6.34. The molecule has 2 bridgehead atoms. The number of carbonyl (C=O) groups excluding carboxylic acids is 1. The average molecular weight is 260 g/mol. The Hall–Kier alpha value is -0.0500. The summed E-state index contributed by atoms with van der Waals surface area (Å²) in [5.74, 6) is 0.208. The van der Waals surface area contributed by atoms with Gasteiger partial charge in [0.1, 0.15) is 0 Å². The van der Waals surface area contributed by atoms with E-state index in [1.54, 1.807) is 7.05 Å². The fraction of sp³-hybridized carbons (Fsp3) is 0.909. The minimum Gasteiger partial charge on any atom is -0.359 e. The van der Waals surface area contributed by atoms with Gasteiger partial charge in [-0.25, -0.2) is 0 Å². The summed E-state index contributed by atoms with van der Waals surface area (Å²) in [7, 11) is 1.74. The second-order valence-corrected chi connectivity index (χ2v) is 6.37. The van der Waals surface area contributed by atoms with Gasteiger partial charge in [-0.05, 0) is 23.7 Å². The zero-order valence-corrected chi connectivity index (χ0v) is 10.9. The molecule has 3 aliphatic carbocycles. The van der Waals surface area contributed by atoms with Crippen molar-refractivity contribution in [2.75, 3.05) is 7.05 Å². The minimum absolute atomic E-state index is 0.119. The Morgan fingerprint density at radius 1 is 1.36 bits per heavy atom. The highest BCUT2D eigenvalue weighted by molar-refractivity contribution is 9.09. The van der Waals surface area contributed by atoms with Crippen molar-refractivity contribution in [2.45, 2.75) is 38.4 Å². The van der Waals surface area contributed by atoms with Gasteiger partial charge in [-0.15, -0.1) is 0 Å². The lowest BCUT2D eigenvalue weighted by atomic mass is 9.43. The topological polar surface area (TPSA) is 29.1 Å². The van der Waals surface area contributed by atoms with Crippen LogP contribution >= 0.6 is 15.9 Å². The van der Waals surface area contributed by atoms with Crippen LogP contribution in [0.2, 0.25) is 0 Å². The number of hydrogen-bond acceptors (Lipinski definition) is 1. The largest absolute Gasteiger partial charge is 0.359 e. The average Bonchev–Trinajstić information content (AvgIpc) is 2.54. The van der Waals surface area contributed by atoms with Gasteiger partial charge in [0.25, 0.3) is 0 Å². The summed E-state index contributed by atoms with van der Waals surface area (Å²) in [6.45, 7) is 6.75. The summed E-state index contributed by atoms with van der Waals surface area (Å²) < 4.78 is 0. The summed E-state index contributed by atoms with van der Waals surface area (Å²) in [5, 5.41) is 2.82. The van der Waals surface area contributed by atoms with Gasteiger partial charge in [0.15, 0.2) is 0 Å². The zero-order chi connectivity index (χ0) is 10.8. The number of halogens is 1. The number of fused-ring (bicyclic) bond motifs is 1. The van der Waals surface area contributed by atoms with Gasteiger partial charge in [-0.2, -0.15) is 0 Å². The van der Waals surface area contributed by atoms with Crippen molar-refractivity contribution in [2.24, 2.45) is 16.2 Å². The van der Waals surface area contributed by atoms with Crippen LogP contribution in [0.4, 0.5) is 0 Å². The minimum atomic E-state index is -0.170. The summed E-state index contributed by atoms with van der Waals surface area (Å²) in [6.07, 6.45) is 2.18. The normalized spacial score (nSPS) is 48.5. The van der Waals surface area contributed by atoms with Crippen LogP contribution in [0.3, 0.4) is 0 Å². The van der Waals surface area contributed by atoms with Gasteiger partial charge >= 0.3 is 0 Å². The molecule has 3 atom stereocenters. The fourth-order valence-electron chi connectivity index (χ4n) is 3.68. The summed E-state index contributed by atoms with van der Waals surface area (Å²) in [5.41, 5.74) is 0.240. The lowest BCUT2D eigenvalue weighted by Gasteiger charge is -2.64. The molecule has 0 radical (unpaired) electrons. The third-order valence-corrected chi connectivity index (χ3v) is 7.00. The second-order valence-electron chi connectivity index (χ2n) is 5.46. The maximum Gasteiger partial charge on any atom is 0.227 e. The molecule has 0 spiro atoms. The van der Waals surface area contributed by atoms with E-state index >= 15 is 0 Å². The van der Waals surface area contributed by atoms with Gasteiger partial charge in [0.2, 0.25) is 5.91 Å². The van der Waals surface area contributed by atoms with E-state index < -0.39 is 0 Å². The molecule has 0 aliphatic heterocycles. The van der Waals surface area contributed by atoms with E-state index in [4.69, 9.17) is 0 Å². The van der Waals surface area contributed by atoms with Gasteiger partial charge in [-0.1, -0.05) is 36.7 Å². The second kappa shape index (κ2) is 2.55. The monoisotopic (exact) mass is 259 g/mol. The third kappa shape index (κ3) is 0.709. The molecule has 0 aromatic carbocycles. The zero-order valence-electron chi connectivity index (χ0n) is 9.28. The van der Waals surface area contributed by atoms with E-state index in [-0.39, 0.29) is 16.7 Å². The Morgan fingerprint density at radius 3 is 2.21 bits per heavy atom. The molecule has 3 rings (SSSR count). The van der Waals surface area contributed by atoms with E-state index in [1.165, 1.54) is 0 Å². The Bertz CT molecular complexity index is 302. The van der Waals surface area contributed by atoms with Crippen LogP contribution in [0.1, 0.15) is 33.6 Å². The number of hydrogen-bond donors (Lipinski definition) is 1. The first kappa shape index (κ1) is 10.5. The van der Waals surface area contributed by atoms with E-state index in [9.17, 15) is 4.79 Å². The molecule has 3 fully saturated rings. The van der Waals surface area contributed by atoms with Gasteiger partial charge in [-0.3, -0.25) is 4.79 Å². The van der Waals surface area contributed by atoms with E-state index in [0.717, 1.165) is 12.8 Å². The smallest absolute Gasteiger partial charge is 0.227 e. The third-order valence-electron chi connectivity index (χ3n) is 5.21. The maximum absolute atomic E-state index is 12.0. The first-order valence-corrected chi connectivity index (χ1v) is 6.12. The summed E-state index contributed by atoms with van der Waals surface area (Å²) in [4.78, 5) is 12.3. The van der Waals surface area contributed by atoms with E-state index in [1.807, 2.05) is 0 Å². The number of amides is 1. The standard InChI is InChI=1S/C11H18BrNO/c1-9(2)10(3)5-6-11(9,7(10)12)8(14)13-4/h7H,5-6H2,1-4H3,(H,13,14)/t7-,10-,11+/m1/s1. The quantitative estimate of drug-likeness (QED) is 0.720. The van der Waals surface area contributed by atoms with Crippen LogP contribution in [-0.4, -0.2) is 17.8 Å². The lowest BCUT2D eigenvalue weighted by molar-refractivity contribution is -0.161. The molecule has 0 aromatic rings. The molecular weight excluding hydrogens is 242 g/mol. The van der Waals surface area contributed by atoms with E-state index in [2.05, 4.69) is 42.0 Å². The molecule has 80 valence electrons. The molecule has 3 heteroatoms. The van der Waals surface area contributed by atoms with Crippen molar-refractivity contribution < 1.29 is 4.79 Å². The summed E-state index contributed by atoms with van der Waals surface area (Å²) in [6, 6.07) is 0. The van der Waals surface area contributed by atoms with Crippen molar-refractivity contribution in [3.63, 3.8) is 0 Å². The lowest BCUT2D eigenvalue weighted by Crippen LogP contribution is -2.69. The van der Waals surface area contributed by atoms with Crippen LogP contribution in [-0.2, 0) is 4.79 Å². The Morgan fingerprint density at radius 2 is 1.93 bits per heavy atom. The molecule has 1 amide bonds. The highest BCUT2D eigenvalue weighted by atomic mass is 79.9. The van der Waals surface area contributed by atoms with Crippen molar-refractivity contribution in [1.29, 1.82) is 0 Å². The van der Waals surface area contributed by atoms with Gasteiger partial charge in [0.05, 0.1) is 5.41 Å². The Kier molecular flexibility index (Phi) is 1.90. The molecule has 3 aliphatic rings. The first-order valence-electron chi connectivity index (χ1n) is 5.21. The van der Waals surface area contributed by atoms with Crippen LogP contribution in [0.5, 0.6) is 0 Å². The Labute approximate surface area is 94.0 Å². The van der Waals surface area contributed by atoms with Crippen molar-refractivity contribution in [3.05, 3.63) is 0 Å². The molecule has 0 heterocycles. The highest BCUT2D eigenvalue weighted by Crippen LogP contribution is 2.79. The molecule has 14 heavy (non-hydrogen) atoms. The molecule has 0 aromatic heterocycles. The van der Waals surface area contributed by atoms with Crippen LogP contribution < -0.4 is 5.32 Å². The fourth-order valence-corrected chi connectivity index (χ4v) is 5.49. The van der Waals surface area contributed by atoms with Crippen LogP contribution in [0, 0.1) is 16.2 Å². The van der Waals surface area contributed by atoms with E-state index in [0.29, 0.717) is 10.2 Å². The van der Waals surface area contributed by atoms with Crippen molar-refractivity contribution >= 4 is 21.8 Å². The van der Waals surface area contributed by atoms with Crippen molar-refractivity contribution in [3.8, 4) is 0 Å². The van der Waals surface area contributed by atoms with Crippen molar-refractivity contribution in [1.82, 2.24) is 5.32 Å². The molecule has 0 unspecified atom stereocenters. The molecule has 0 saturated heterocycles. The SMILES string of the molecule is CNC(=O)[C@]12CC[C@](C)([C@H]1Br)C2(C)C. The van der Waals surface area contributed by atoms with Crippen LogP contribution in [0.25, 0.3) is 0 Å².